The van der Waals surface area contributed by atoms with Crippen molar-refractivity contribution >= 4 is 10.2 Å². The molecule has 31 heavy (non-hydrogen) atoms. The average molecular weight is 461 g/mol. The molecule has 0 aromatic carbocycles. The van der Waals surface area contributed by atoms with Crippen molar-refractivity contribution in [2.24, 2.45) is 0 Å². The SMILES string of the molecule is CCCCCCCCCCCCCCCCCC[N+](C)(CCC[SiH3])C(OC)(OC)OC. The quantitative estimate of drug-likeness (QED) is 0.0720. The maximum Gasteiger partial charge on any atom is 0.448 e. The van der Waals surface area contributed by atoms with E-state index in [0.717, 1.165) is 13.1 Å². The molecule has 0 aromatic rings. The van der Waals surface area contributed by atoms with Gasteiger partial charge >= 0.3 is 6.10 Å². The fourth-order valence-corrected chi connectivity index (χ4v) is 5.13. The zero-order valence-electron chi connectivity index (χ0n) is 22.3. The monoisotopic (exact) mass is 460 g/mol. The van der Waals surface area contributed by atoms with Gasteiger partial charge in [-0.05, 0) is 19.3 Å². The third kappa shape index (κ3) is 13.4. The van der Waals surface area contributed by atoms with Gasteiger partial charge in [0.25, 0.3) is 0 Å². The number of hydrogen-bond donors (Lipinski definition) is 0. The van der Waals surface area contributed by atoms with Crippen molar-refractivity contribution in [3.8, 4) is 0 Å². The molecule has 0 saturated carbocycles. The number of nitrogens with zero attached hydrogens (tertiary/aromatic N) is 1. The van der Waals surface area contributed by atoms with Crippen LogP contribution in [0, 0.1) is 0 Å². The van der Waals surface area contributed by atoms with Gasteiger partial charge in [0.1, 0.15) is 0 Å². The smallest absolute Gasteiger partial charge is 0.281 e. The molecule has 0 aliphatic heterocycles. The van der Waals surface area contributed by atoms with Crippen molar-refractivity contribution in [3.63, 3.8) is 0 Å². The summed E-state index contributed by atoms with van der Waals surface area (Å²) in [5.41, 5.74) is 0. The number of unbranched alkanes of at least 4 members (excludes halogenated alkanes) is 15. The molecule has 0 rings (SSSR count). The van der Waals surface area contributed by atoms with E-state index in [2.05, 4.69) is 14.0 Å². The van der Waals surface area contributed by atoms with Crippen molar-refractivity contribution in [2.45, 2.75) is 128 Å². The second-order valence-electron chi connectivity index (χ2n) is 9.64. The third-order valence-electron chi connectivity index (χ3n) is 6.95. The summed E-state index contributed by atoms with van der Waals surface area (Å²) < 4.78 is 17.8. The summed E-state index contributed by atoms with van der Waals surface area (Å²) in [6, 6.07) is 1.31. The summed E-state index contributed by atoms with van der Waals surface area (Å²) >= 11 is 0. The third-order valence-corrected chi connectivity index (χ3v) is 7.65. The fraction of sp³-hybridized carbons (Fsp3) is 1.00. The number of ether oxygens (including phenoxy) is 3. The Bertz CT molecular complexity index is 371. The molecule has 0 radical (unpaired) electrons. The van der Waals surface area contributed by atoms with Gasteiger partial charge in [-0.15, -0.1) is 0 Å². The van der Waals surface area contributed by atoms with Crippen LogP contribution < -0.4 is 0 Å². The highest BCUT2D eigenvalue weighted by Gasteiger charge is 2.50. The maximum absolute atomic E-state index is 5.72. The minimum Gasteiger partial charge on any atom is -0.281 e. The molecule has 0 aliphatic rings. The molecular weight excluding hydrogens is 402 g/mol. The predicted molar refractivity (Wildman–Crippen MR) is 139 cm³/mol. The van der Waals surface area contributed by atoms with E-state index in [1.165, 1.54) is 125 Å². The summed E-state index contributed by atoms with van der Waals surface area (Å²) in [5.74, 6) is 0. The van der Waals surface area contributed by atoms with Crippen molar-refractivity contribution in [1.82, 2.24) is 0 Å². The molecule has 1 unspecified atom stereocenters. The zero-order chi connectivity index (χ0) is 23.3. The van der Waals surface area contributed by atoms with Gasteiger partial charge in [-0.2, -0.15) is 0 Å². The van der Waals surface area contributed by atoms with Crippen LogP contribution in [0.2, 0.25) is 6.04 Å². The van der Waals surface area contributed by atoms with Gasteiger partial charge < -0.3 is 0 Å². The lowest BCUT2D eigenvalue weighted by atomic mass is 10.0. The van der Waals surface area contributed by atoms with E-state index < -0.39 is 6.10 Å². The van der Waals surface area contributed by atoms with Crippen molar-refractivity contribution in [3.05, 3.63) is 0 Å². The zero-order valence-corrected chi connectivity index (χ0v) is 24.3. The summed E-state index contributed by atoms with van der Waals surface area (Å²) in [4.78, 5) is 0. The van der Waals surface area contributed by atoms with E-state index in [1.807, 2.05) is 0 Å². The van der Waals surface area contributed by atoms with Gasteiger partial charge in [-0.3, -0.25) is 14.2 Å². The Hall–Kier alpha value is 0.0569. The van der Waals surface area contributed by atoms with Gasteiger partial charge in [-0.1, -0.05) is 103 Å². The molecule has 0 amide bonds. The molecule has 4 nitrogen and oxygen atoms in total. The minimum atomic E-state index is -0.980. The molecule has 0 saturated heterocycles. The van der Waals surface area contributed by atoms with Gasteiger partial charge in [-0.25, -0.2) is 4.48 Å². The fourth-order valence-electron chi connectivity index (χ4n) is 4.81. The molecule has 0 aliphatic carbocycles. The van der Waals surface area contributed by atoms with Gasteiger partial charge in [0.05, 0.1) is 20.1 Å². The van der Waals surface area contributed by atoms with Crippen LogP contribution in [0.3, 0.4) is 0 Å². The lowest BCUT2D eigenvalue weighted by Crippen LogP contribution is -2.66. The molecule has 0 bridgehead atoms. The molecule has 0 spiro atoms. The van der Waals surface area contributed by atoms with Crippen LogP contribution in [-0.2, 0) is 14.2 Å². The molecule has 0 heterocycles. The van der Waals surface area contributed by atoms with E-state index in [4.69, 9.17) is 14.2 Å². The van der Waals surface area contributed by atoms with E-state index in [-0.39, 0.29) is 0 Å². The van der Waals surface area contributed by atoms with Crippen LogP contribution in [0.25, 0.3) is 0 Å². The van der Waals surface area contributed by atoms with Crippen molar-refractivity contribution in [1.29, 1.82) is 0 Å². The number of methoxy groups -OCH3 is 3. The lowest BCUT2D eigenvalue weighted by molar-refractivity contribution is -1.04. The maximum atomic E-state index is 5.72. The Kier molecular flexibility index (Phi) is 20.7. The van der Waals surface area contributed by atoms with Crippen molar-refractivity contribution in [2.75, 3.05) is 41.5 Å². The second kappa shape index (κ2) is 20.6. The molecule has 0 aromatic heterocycles. The lowest BCUT2D eigenvalue weighted by Gasteiger charge is -2.45. The highest BCUT2D eigenvalue weighted by Crippen LogP contribution is 2.28. The predicted octanol–water partition coefficient (Wildman–Crippen LogP) is 6.42. The largest absolute Gasteiger partial charge is 0.448 e. The van der Waals surface area contributed by atoms with E-state index in [9.17, 15) is 0 Å². The molecule has 0 fully saturated rings. The van der Waals surface area contributed by atoms with E-state index >= 15 is 0 Å². The van der Waals surface area contributed by atoms with Crippen LogP contribution in [0.1, 0.15) is 116 Å². The second-order valence-corrected chi connectivity index (χ2v) is 10.6. The summed E-state index contributed by atoms with van der Waals surface area (Å²) in [5, 5.41) is 0. The average Bonchev–Trinajstić information content (AvgIpc) is 2.79. The topological polar surface area (TPSA) is 27.7 Å². The standard InChI is InChI=1S/C26H58NO3Si/c1-6-7-8-9-10-11-12-13-14-15-16-17-18-19-20-21-23-27(2,24-22-25-31)26(28-3,29-4)30-5/h6-25H2,1-5,31H3/q+1. The van der Waals surface area contributed by atoms with Gasteiger partial charge in [0.2, 0.25) is 0 Å². The number of quaternary nitrogens is 1. The highest BCUT2D eigenvalue weighted by atomic mass is 28.1. The Morgan fingerprint density at radius 3 is 1.19 bits per heavy atom. The first-order valence-electron chi connectivity index (χ1n) is 13.6. The first kappa shape index (κ1) is 31.1. The van der Waals surface area contributed by atoms with E-state index in [1.54, 1.807) is 21.3 Å². The molecule has 5 heteroatoms. The van der Waals surface area contributed by atoms with Crippen LogP contribution >= 0.6 is 0 Å². The Labute approximate surface area is 198 Å². The summed E-state index contributed by atoms with van der Waals surface area (Å²) in [7, 11) is 8.55. The van der Waals surface area contributed by atoms with Gasteiger partial charge in [0, 0.05) is 31.6 Å². The first-order valence-corrected chi connectivity index (χ1v) is 15.0. The highest BCUT2D eigenvalue weighted by molar-refractivity contribution is 6.08. The van der Waals surface area contributed by atoms with Crippen molar-refractivity contribution < 1.29 is 18.7 Å². The van der Waals surface area contributed by atoms with Crippen LogP contribution in [0.5, 0.6) is 0 Å². The summed E-state index contributed by atoms with van der Waals surface area (Å²) in [6.45, 7) is 4.37. The number of hydrogen-bond acceptors (Lipinski definition) is 3. The van der Waals surface area contributed by atoms with Gasteiger partial charge in [0.15, 0.2) is 0 Å². The summed E-state index contributed by atoms with van der Waals surface area (Å²) in [6.07, 6.45) is 22.6. The Morgan fingerprint density at radius 2 is 0.871 bits per heavy atom. The molecule has 1 atom stereocenters. The first-order chi connectivity index (χ1) is 15.1. The van der Waals surface area contributed by atoms with Crippen LogP contribution in [-0.4, -0.2) is 62.3 Å². The number of rotatable bonds is 24. The molecule has 188 valence electrons. The van der Waals surface area contributed by atoms with Crippen LogP contribution in [0.15, 0.2) is 0 Å². The molecular formula is C26H58NO3Si+. The van der Waals surface area contributed by atoms with Crippen LogP contribution in [0.4, 0.5) is 0 Å². The Balaban J connectivity index is 3.80. The van der Waals surface area contributed by atoms with E-state index in [0.29, 0.717) is 4.48 Å². The minimum absolute atomic E-state index is 0.678. The molecule has 0 N–H and O–H groups in total. The Morgan fingerprint density at radius 1 is 0.548 bits per heavy atom. The normalized spacial score (nSPS) is 14.2.